The number of fused-ring (bicyclic) bond motifs is 1. The van der Waals surface area contributed by atoms with Crippen LogP contribution in [0.3, 0.4) is 0 Å². The van der Waals surface area contributed by atoms with E-state index in [-0.39, 0.29) is 0 Å². The Morgan fingerprint density at radius 3 is 1.35 bits per heavy atom. The topological polar surface area (TPSA) is 16.4 Å². The molecule has 0 atom stereocenters. The highest BCUT2D eigenvalue weighted by molar-refractivity contribution is 6.02. The third kappa shape index (κ3) is 6.08. The Balaban J connectivity index is 1.14. The molecule has 9 aromatic rings. The van der Waals surface area contributed by atoms with Gasteiger partial charge in [0.2, 0.25) is 0 Å². The maximum Gasteiger partial charge on any atom is 0.143 e. The monoisotopic (exact) mass is 665 g/mol. The standard InChI is InChI=1S/C50H35NO/c1-4-14-36(15-5-1)38-26-30-44(31-27-38)51(45-32-28-39(29-33-45)42-21-12-20-41(34-42)37-16-6-2-7-17-37)46-23-13-22-43(35-46)50-49(40-18-8-3-9-19-40)47-24-10-11-25-48(47)52-50/h1-35H. The molecular weight excluding hydrogens is 631 g/mol. The number of anilines is 3. The van der Waals surface area contributed by atoms with E-state index in [0.29, 0.717) is 0 Å². The third-order valence-corrected chi connectivity index (χ3v) is 9.69. The first kappa shape index (κ1) is 31.1. The molecule has 0 saturated heterocycles. The van der Waals surface area contributed by atoms with Crippen molar-refractivity contribution in [2.75, 3.05) is 4.90 Å². The maximum absolute atomic E-state index is 6.64. The van der Waals surface area contributed by atoms with Crippen LogP contribution in [0.5, 0.6) is 0 Å². The first-order valence-corrected chi connectivity index (χ1v) is 17.7. The molecule has 1 heterocycles. The minimum absolute atomic E-state index is 0.863. The summed E-state index contributed by atoms with van der Waals surface area (Å²) in [6, 6.07) is 75.1. The molecule has 0 aliphatic rings. The molecule has 9 rings (SSSR count). The zero-order valence-electron chi connectivity index (χ0n) is 28.6. The van der Waals surface area contributed by atoms with Crippen LogP contribution in [0.25, 0.3) is 66.8 Å². The summed E-state index contributed by atoms with van der Waals surface area (Å²) in [6.07, 6.45) is 0. The van der Waals surface area contributed by atoms with Crippen molar-refractivity contribution in [2.45, 2.75) is 0 Å². The van der Waals surface area contributed by atoms with Crippen LogP contribution in [-0.2, 0) is 0 Å². The number of para-hydroxylation sites is 1. The van der Waals surface area contributed by atoms with Crippen LogP contribution in [0.15, 0.2) is 217 Å². The van der Waals surface area contributed by atoms with Crippen molar-refractivity contribution in [3.8, 4) is 55.8 Å². The van der Waals surface area contributed by atoms with E-state index in [1.54, 1.807) is 0 Å². The molecule has 8 aromatic carbocycles. The molecule has 0 radical (unpaired) electrons. The Hall–Kier alpha value is -6.90. The van der Waals surface area contributed by atoms with Gasteiger partial charge in [-0.3, -0.25) is 0 Å². The summed E-state index contributed by atoms with van der Waals surface area (Å²) in [5.41, 5.74) is 14.5. The normalized spacial score (nSPS) is 11.1. The van der Waals surface area contributed by atoms with Crippen molar-refractivity contribution in [1.82, 2.24) is 0 Å². The van der Waals surface area contributed by atoms with E-state index in [9.17, 15) is 0 Å². The summed E-state index contributed by atoms with van der Waals surface area (Å²) in [6.45, 7) is 0. The highest BCUT2D eigenvalue weighted by Gasteiger charge is 2.20. The van der Waals surface area contributed by atoms with E-state index in [1.807, 2.05) is 12.1 Å². The second-order valence-corrected chi connectivity index (χ2v) is 13.0. The van der Waals surface area contributed by atoms with E-state index in [0.717, 1.165) is 50.5 Å². The van der Waals surface area contributed by atoms with Gasteiger partial charge in [-0.15, -0.1) is 0 Å². The van der Waals surface area contributed by atoms with Crippen LogP contribution in [0, 0.1) is 0 Å². The minimum atomic E-state index is 0.863. The Labute approximate surface area is 304 Å². The summed E-state index contributed by atoms with van der Waals surface area (Å²) in [4.78, 5) is 2.33. The zero-order chi connectivity index (χ0) is 34.7. The molecule has 0 bridgehead atoms. The molecule has 2 nitrogen and oxygen atoms in total. The van der Waals surface area contributed by atoms with E-state index < -0.39 is 0 Å². The van der Waals surface area contributed by atoms with Crippen molar-refractivity contribution in [3.05, 3.63) is 212 Å². The predicted octanol–water partition coefficient (Wildman–Crippen LogP) is 14.2. The Kier molecular flexibility index (Phi) is 8.24. The average Bonchev–Trinajstić information content (AvgIpc) is 3.63. The van der Waals surface area contributed by atoms with Gasteiger partial charge in [-0.05, 0) is 87.5 Å². The second-order valence-electron chi connectivity index (χ2n) is 13.0. The fourth-order valence-electron chi connectivity index (χ4n) is 7.12. The van der Waals surface area contributed by atoms with Crippen LogP contribution in [0.2, 0.25) is 0 Å². The molecule has 0 spiro atoms. The fraction of sp³-hybridized carbons (Fsp3) is 0. The van der Waals surface area contributed by atoms with E-state index in [4.69, 9.17) is 4.42 Å². The largest absolute Gasteiger partial charge is 0.455 e. The number of hydrogen-bond donors (Lipinski definition) is 0. The Bertz CT molecular complexity index is 2590. The summed E-state index contributed by atoms with van der Waals surface area (Å²) >= 11 is 0. The van der Waals surface area contributed by atoms with Crippen LogP contribution >= 0.6 is 0 Å². The Morgan fingerprint density at radius 2 is 0.731 bits per heavy atom. The van der Waals surface area contributed by atoms with Gasteiger partial charge in [0, 0.05) is 33.6 Å². The average molecular weight is 666 g/mol. The highest BCUT2D eigenvalue weighted by Crippen LogP contribution is 2.43. The van der Waals surface area contributed by atoms with Crippen molar-refractivity contribution in [2.24, 2.45) is 0 Å². The zero-order valence-corrected chi connectivity index (χ0v) is 28.6. The molecular formula is C50H35NO. The van der Waals surface area contributed by atoms with E-state index >= 15 is 0 Å². The molecule has 0 aliphatic heterocycles. The van der Waals surface area contributed by atoms with Gasteiger partial charge >= 0.3 is 0 Å². The van der Waals surface area contributed by atoms with Crippen molar-refractivity contribution < 1.29 is 4.42 Å². The number of furan rings is 1. The fourth-order valence-corrected chi connectivity index (χ4v) is 7.12. The molecule has 2 heteroatoms. The molecule has 0 unspecified atom stereocenters. The number of hydrogen-bond acceptors (Lipinski definition) is 2. The van der Waals surface area contributed by atoms with E-state index in [2.05, 4.69) is 205 Å². The SMILES string of the molecule is c1ccc(-c2ccc(N(c3ccc(-c4cccc(-c5ccccc5)c4)cc3)c3cccc(-c4oc5ccccc5c4-c4ccccc4)c3)cc2)cc1. The van der Waals surface area contributed by atoms with Crippen molar-refractivity contribution >= 4 is 28.0 Å². The van der Waals surface area contributed by atoms with Gasteiger partial charge in [0.15, 0.2) is 0 Å². The Morgan fingerprint density at radius 1 is 0.288 bits per heavy atom. The highest BCUT2D eigenvalue weighted by atomic mass is 16.3. The van der Waals surface area contributed by atoms with Gasteiger partial charge in [0.1, 0.15) is 11.3 Å². The van der Waals surface area contributed by atoms with Gasteiger partial charge in [0.05, 0.1) is 0 Å². The summed E-state index contributed by atoms with van der Waals surface area (Å²) in [7, 11) is 0. The lowest BCUT2D eigenvalue weighted by Gasteiger charge is -2.26. The van der Waals surface area contributed by atoms with Gasteiger partial charge in [0.25, 0.3) is 0 Å². The maximum atomic E-state index is 6.64. The van der Waals surface area contributed by atoms with Crippen LogP contribution in [0.4, 0.5) is 17.1 Å². The van der Waals surface area contributed by atoms with E-state index in [1.165, 1.54) is 33.4 Å². The molecule has 246 valence electrons. The number of nitrogens with zero attached hydrogens (tertiary/aromatic N) is 1. The lowest BCUT2D eigenvalue weighted by atomic mass is 9.98. The molecule has 0 N–H and O–H groups in total. The number of benzene rings is 8. The molecule has 0 fully saturated rings. The van der Waals surface area contributed by atoms with Crippen molar-refractivity contribution in [1.29, 1.82) is 0 Å². The van der Waals surface area contributed by atoms with Gasteiger partial charge in [-0.2, -0.15) is 0 Å². The molecule has 1 aromatic heterocycles. The first-order chi connectivity index (χ1) is 25.8. The van der Waals surface area contributed by atoms with Gasteiger partial charge in [-0.25, -0.2) is 0 Å². The molecule has 0 saturated carbocycles. The minimum Gasteiger partial charge on any atom is -0.455 e. The van der Waals surface area contributed by atoms with Crippen LogP contribution in [-0.4, -0.2) is 0 Å². The predicted molar refractivity (Wildman–Crippen MR) is 218 cm³/mol. The lowest BCUT2D eigenvalue weighted by Crippen LogP contribution is -2.10. The summed E-state index contributed by atoms with van der Waals surface area (Å²) in [5.74, 6) is 0.863. The second kappa shape index (κ2) is 13.8. The van der Waals surface area contributed by atoms with Crippen LogP contribution in [0.1, 0.15) is 0 Å². The van der Waals surface area contributed by atoms with Gasteiger partial charge in [-0.1, -0.05) is 164 Å². The number of rotatable bonds is 8. The molecule has 0 amide bonds. The van der Waals surface area contributed by atoms with Gasteiger partial charge < -0.3 is 9.32 Å². The molecule has 52 heavy (non-hydrogen) atoms. The first-order valence-electron chi connectivity index (χ1n) is 17.7. The summed E-state index contributed by atoms with van der Waals surface area (Å²) < 4.78 is 6.64. The lowest BCUT2D eigenvalue weighted by molar-refractivity contribution is 0.632. The smallest absolute Gasteiger partial charge is 0.143 e. The third-order valence-electron chi connectivity index (χ3n) is 9.69. The summed E-state index contributed by atoms with van der Waals surface area (Å²) in [5, 5.41) is 1.11. The van der Waals surface area contributed by atoms with Crippen LogP contribution < -0.4 is 4.90 Å². The molecule has 0 aliphatic carbocycles. The quantitative estimate of drug-likeness (QED) is 0.161. The van der Waals surface area contributed by atoms with Crippen molar-refractivity contribution in [3.63, 3.8) is 0 Å².